The smallest absolute Gasteiger partial charge is 0.220 e. The monoisotopic (exact) mass is 346 g/mol. The highest BCUT2D eigenvalue weighted by molar-refractivity contribution is 6.32. The Balaban J connectivity index is 0.00000242. The Hall–Kier alpha value is -0.970. The summed E-state index contributed by atoms with van der Waals surface area (Å²) in [5, 5.41) is 6.96. The molecule has 4 nitrogen and oxygen atoms in total. The van der Waals surface area contributed by atoms with Gasteiger partial charge in [-0.25, -0.2) is 0 Å². The van der Waals surface area contributed by atoms with Gasteiger partial charge in [-0.2, -0.15) is 0 Å². The summed E-state index contributed by atoms with van der Waals surface area (Å²) in [6, 6.07) is 7.37. The molecule has 1 aliphatic rings. The summed E-state index contributed by atoms with van der Waals surface area (Å²) in [6.45, 7) is 3.39. The molecule has 1 aromatic carbocycles. The SMILES string of the molecule is Cl.O=C(CCCOc1ccccc1Cl)NCC1CCCNC1. The first kappa shape index (κ1) is 19.1. The molecule has 22 heavy (non-hydrogen) atoms. The second-order valence-electron chi connectivity index (χ2n) is 5.40. The van der Waals surface area contributed by atoms with Gasteiger partial charge in [0, 0.05) is 13.0 Å². The van der Waals surface area contributed by atoms with E-state index in [1.807, 2.05) is 18.2 Å². The van der Waals surface area contributed by atoms with E-state index >= 15 is 0 Å². The van der Waals surface area contributed by atoms with E-state index in [1.165, 1.54) is 12.8 Å². The Bertz CT molecular complexity index is 452. The van der Waals surface area contributed by atoms with E-state index in [0.717, 1.165) is 19.6 Å². The van der Waals surface area contributed by atoms with E-state index in [2.05, 4.69) is 10.6 Å². The maximum Gasteiger partial charge on any atom is 0.220 e. The minimum absolute atomic E-state index is 0. The Morgan fingerprint density at radius 1 is 1.41 bits per heavy atom. The zero-order valence-corrected chi connectivity index (χ0v) is 14.2. The van der Waals surface area contributed by atoms with Gasteiger partial charge in [0.15, 0.2) is 0 Å². The molecule has 1 heterocycles. The molecule has 1 amide bonds. The topological polar surface area (TPSA) is 50.4 Å². The molecule has 0 spiro atoms. The molecule has 1 fully saturated rings. The molecule has 0 bridgehead atoms. The Labute approximate surface area is 143 Å². The van der Waals surface area contributed by atoms with Crippen LogP contribution in [0.3, 0.4) is 0 Å². The molecular weight excluding hydrogens is 323 g/mol. The van der Waals surface area contributed by atoms with Gasteiger partial charge in [0.25, 0.3) is 0 Å². The summed E-state index contributed by atoms with van der Waals surface area (Å²) in [4.78, 5) is 11.8. The molecule has 1 atom stereocenters. The number of halogens is 2. The lowest BCUT2D eigenvalue weighted by Crippen LogP contribution is -2.38. The maximum atomic E-state index is 11.8. The molecule has 1 unspecified atom stereocenters. The summed E-state index contributed by atoms with van der Waals surface area (Å²) in [7, 11) is 0. The normalized spacial score (nSPS) is 17.4. The van der Waals surface area contributed by atoms with Crippen molar-refractivity contribution in [2.45, 2.75) is 25.7 Å². The third kappa shape index (κ3) is 6.86. The van der Waals surface area contributed by atoms with Crippen LogP contribution in [0.2, 0.25) is 5.02 Å². The third-order valence-electron chi connectivity index (χ3n) is 3.63. The molecule has 1 saturated heterocycles. The average Bonchev–Trinajstić information content (AvgIpc) is 2.52. The Morgan fingerprint density at radius 2 is 2.23 bits per heavy atom. The molecule has 2 N–H and O–H groups in total. The van der Waals surface area contributed by atoms with Crippen molar-refractivity contribution in [2.75, 3.05) is 26.2 Å². The number of benzene rings is 1. The van der Waals surface area contributed by atoms with E-state index in [0.29, 0.717) is 36.1 Å². The van der Waals surface area contributed by atoms with Gasteiger partial charge in [-0.15, -0.1) is 12.4 Å². The number of ether oxygens (including phenoxy) is 1. The molecule has 0 radical (unpaired) electrons. The summed E-state index contributed by atoms with van der Waals surface area (Å²) in [5.74, 6) is 1.35. The molecule has 0 aliphatic carbocycles. The fourth-order valence-corrected chi connectivity index (χ4v) is 2.61. The number of carbonyl (C=O) groups excluding carboxylic acids is 1. The second kappa shape index (κ2) is 10.7. The number of amides is 1. The molecule has 124 valence electrons. The van der Waals surface area contributed by atoms with Crippen LogP contribution in [-0.2, 0) is 4.79 Å². The van der Waals surface area contributed by atoms with Gasteiger partial charge in [0.05, 0.1) is 11.6 Å². The van der Waals surface area contributed by atoms with Crippen molar-refractivity contribution in [3.63, 3.8) is 0 Å². The number of hydrogen-bond acceptors (Lipinski definition) is 3. The molecule has 0 aromatic heterocycles. The third-order valence-corrected chi connectivity index (χ3v) is 3.94. The summed E-state index contributed by atoms with van der Waals surface area (Å²) in [5.41, 5.74) is 0. The first-order valence-corrected chi connectivity index (χ1v) is 7.98. The maximum absolute atomic E-state index is 11.8. The highest BCUT2D eigenvalue weighted by atomic mass is 35.5. The van der Waals surface area contributed by atoms with E-state index in [4.69, 9.17) is 16.3 Å². The zero-order valence-electron chi connectivity index (χ0n) is 12.6. The minimum Gasteiger partial charge on any atom is -0.492 e. The number of nitrogens with one attached hydrogen (secondary N) is 2. The number of carbonyl (C=O) groups is 1. The second-order valence-corrected chi connectivity index (χ2v) is 5.81. The Morgan fingerprint density at radius 3 is 2.95 bits per heavy atom. The Kier molecular flexibility index (Phi) is 9.28. The van der Waals surface area contributed by atoms with Crippen molar-refractivity contribution >= 4 is 29.9 Å². The quantitative estimate of drug-likeness (QED) is 0.746. The van der Waals surface area contributed by atoms with Gasteiger partial charge in [0.1, 0.15) is 5.75 Å². The minimum atomic E-state index is 0. The lowest BCUT2D eigenvalue weighted by Gasteiger charge is -2.22. The van der Waals surface area contributed by atoms with Crippen LogP contribution in [0.5, 0.6) is 5.75 Å². The van der Waals surface area contributed by atoms with E-state index < -0.39 is 0 Å². The average molecular weight is 347 g/mol. The first-order valence-electron chi connectivity index (χ1n) is 7.60. The largest absolute Gasteiger partial charge is 0.492 e. The predicted molar refractivity (Wildman–Crippen MR) is 92.0 cm³/mol. The number of piperidine rings is 1. The van der Waals surface area contributed by atoms with E-state index in [1.54, 1.807) is 6.07 Å². The molecule has 0 saturated carbocycles. The van der Waals surface area contributed by atoms with Crippen LogP contribution in [0.1, 0.15) is 25.7 Å². The van der Waals surface area contributed by atoms with Crippen LogP contribution in [-0.4, -0.2) is 32.1 Å². The van der Waals surface area contributed by atoms with Gasteiger partial charge >= 0.3 is 0 Å². The van der Waals surface area contributed by atoms with Crippen molar-refractivity contribution in [1.82, 2.24) is 10.6 Å². The van der Waals surface area contributed by atoms with Gasteiger partial charge in [-0.1, -0.05) is 23.7 Å². The van der Waals surface area contributed by atoms with Gasteiger partial charge in [0.2, 0.25) is 5.91 Å². The van der Waals surface area contributed by atoms with Gasteiger partial charge < -0.3 is 15.4 Å². The van der Waals surface area contributed by atoms with E-state index in [9.17, 15) is 4.79 Å². The number of para-hydroxylation sites is 1. The summed E-state index contributed by atoms with van der Waals surface area (Å²) >= 11 is 5.99. The number of hydrogen-bond donors (Lipinski definition) is 2. The van der Waals surface area contributed by atoms with Crippen LogP contribution < -0.4 is 15.4 Å². The highest BCUT2D eigenvalue weighted by Gasteiger charge is 2.13. The predicted octanol–water partition coefficient (Wildman–Crippen LogP) is 3.04. The van der Waals surface area contributed by atoms with Gasteiger partial charge in [-0.3, -0.25) is 4.79 Å². The molecule has 1 aliphatic heterocycles. The van der Waals surface area contributed by atoms with Crippen molar-refractivity contribution in [1.29, 1.82) is 0 Å². The summed E-state index contributed by atoms with van der Waals surface area (Å²) < 4.78 is 5.56. The zero-order chi connectivity index (χ0) is 14.9. The molecule has 1 aromatic rings. The first-order chi connectivity index (χ1) is 10.3. The molecule has 2 rings (SSSR count). The van der Waals surface area contributed by atoms with Crippen molar-refractivity contribution in [3.8, 4) is 5.75 Å². The van der Waals surface area contributed by atoms with E-state index in [-0.39, 0.29) is 18.3 Å². The van der Waals surface area contributed by atoms with Crippen LogP contribution in [0.25, 0.3) is 0 Å². The van der Waals surface area contributed by atoms with Crippen LogP contribution in [0.15, 0.2) is 24.3 Å². The molecule has 6 heteroatoms. The lowest BCUT2D eigenvalue weighted by molar-refractivity contribution is -0.121. The van der Waals surface area contributed by atoms with Crippen LogP contribution in [0.4, 0.5) is 0 Å². The fourth-order valence-electron chi connectivity index (χ4n) is 2.42. The highest BCUT2D eigenvalue weighted by Crippen LogP contribution is 2.23. The van der Waals surface area contributed by atoms with Gasteiger partial charge in [-0.05, 0) is 50.4 Å². The van der Waals surface area contributed by atoms with Crippen molar-refractivity contribution in [3.05, 3.63) is 29.3 Å². The fraction of sp³-hybridized carbons (Fsp3) is 0.562. The molecular formula is C16H24Cl2N2O2. The van der Waals surface area contributed by atoms with Crippen LogP contribution in [0, 0.1) is 5.92 Å². The lowest BCUT2D eigenvalue weighted by atomic mass is 10.00. The number of rotatable bonds is 7. The standard InChI is InChI=1S/C16H23ClN2O2.ClH/c17-14-6-1-2-7-15(14)21-10-4-8-16(20)19-12-13-5-3-9-18-11-13;/h1-2,6-7,13,18H,3-5,8-12H2,(H,19,20);1H. The van der Waals surface area contributed by atoms with Crippen molar-refractivity contribution < 1.29 is 9.53 Å². The summed E-state index contributed by atoms with van der Waals surface area (Å²) in [6.07, 6.45) is 3.58. The van der Waals surface area contributed by atoms with Crippen LogP contribution >= 0.6 is 24.0 Å². The van der Waals surface area contributed by atoms with Crippen molar-refractivity contribution in [2.24, 2.45) is 5.92 Å².